The summed E-state index contributed by atoms with van der Waals surface area (Å²) in [7, 11) is 0. The third-order valence-electron chi connectivity index (χ3n) is 5.98. The number of fused-ring (bicyclic) bond motifs is 3. The van der Waals surface area contributed by atoms with Gasteiger partial charge in [0.05, 0.1) is 17.8 Å². The first-order chi connectivity index (χ1) is 14.5. The molecule has 2 aliphatic rings. The molecule has 2 atom stereocenters. The van der Waals surface area contributed by atoms with E-state index in [1.54, 1.807) is 18.2 Å². The number of benzene rings is 1. The maximum Gasteiger partial charge on any atom is 0.433 e. The van der Waals surface area contributed by atoms with E-state index < -0.39 is 16.7 Å². The number of rotatable bonds is 4. The van der Waals surface area contributed by atoms with Crippen LogP contribution in [0.25, 0.3) is 10.9 Å². The van der Waals surface area contributed by atoms with E-state index >= 15 is 0 Å². The molecule has 1 amide bonds. The average molecular weight is 406 g/mol. The lowest BCUT2D eigenvalue weighted by Crippen LogP contribution is -2.21. The van der Waals surface area contributed by atoms with Gasteiger partial charge < -0.3 is 8.98 Å². The van der Waals surface area contributed by atoms with Crippen LogP contribution in [0.15, 0.2) is 50.8 Å². The molecular formula is C21H18N4O5. The maximum atomic E-state index is 12.9. The number of hydrogen-bond donors (Lipinski definition) is 1. The lowest BCUT2D eigenvalue weighted by Gasteiger charge is -2.28. The minimum absolute atomic E-state index is 0.0504. The van der Waals surface area contributed by atoms with Gasteiger partial charge in [0, 0.05) is 35.2 Å². The second-order valence-electron chi connectivity index (χ2n) is 7.60. The molecule has 0 radical (unpaired) electrons. The normalized spacial score (nSPS) is 19.9. The molecule has 3 heterocycles. The van der Waals surface area contributed by atoms with Gasteiger partial charge in [-0.1, -0.05) is 12.8 Å². The van der Waals surface area contributed by atoms with Crippen molar-refractivity contribution in [2.75, 3.05) is 0 Å². The van der Waals surface area contributed by atoms with E-state index in [4.69, 9.17) is 4.42 Å². The summed E-state index contributed by atoms with van der Waals surface area (Å²) in [6.45, 7) is 0. The van der Waals surface area contributed by atoms with Crippen molar-refractivity contribution in [2.24, 2.45) is 5.10 Å². The van der Waals surface area contributed by atoms with E-state index in [0.717, 1.165) is 36.8 Å². The lowest BCUT2D eigenvalue weighted by atomic mass is 9.80. The van der Waals surface area contributed by atoms with Gasteiger partial charge in [-0.25, -0.2) is 5.43 Å². The van der Waals surface area contributed by atoms with Crippen LogP contribution in [0.2, 0.25) is 0 Å². The molecule has 30 heavy (non-hydrogen) atoms. The number of amides is 1. The molecule has 5 rings (SSSR count). The van der Waals surface area contributed by atoms with Crippen molar-refractivity contribution in [3.05, 3.63) is 73.8 Å². The first-order valence-electron chi connectivity index (χ1n) is 9.80. The van der Waals surface area contributed by atoms with Crippen LogP contribution in [0, 0.1) is 10.1 Å². The Morgan fingerprint density at radius 1 is 1.23 bits per heavy atom. The molecule has 152 valence electrons. The zero-order valence-electron chi connectivity index (χ0n) is 15.9. The van der Waals surface area contributed by atoms with Crippen molar-refractivity contribution in [2.45, 2.75) is 37.6 Å². The minimum Gasteiger partial charge on any atom is -0.400 e. The lowest BCUT2D eigenvalue weighted by molar-refractivity contribution is -0.402. The second-order valence-corrected chi connectivity index (χ2v) is 7.60. The Labute approximate surface area is 170 Å². The molecule has 1 N–H and O–H groups in total. The fraction of sp³-hybridized carbons (Fsp3) is 0.286. The van der Waals surface area contributed by atoms with Crippen molar-refractivity contribution >= 4 is 28.9 Å². The van der Waals surface area contributed by atoms with Crippen molar-refractivity contribution in [3.8, 4) is 0 Å². The largest absolute Gasteiger partial charge is 0.433 e. The molecule has 1 fully saturated rings. The molecule has 1 saturated carbocycles. The van der Waals surface area contributed by atoms with E-state index in [1.807, 2.05) is 6.20 Å². The predicted octanol–water partition coefficient (Wildman–Crippen LogP) is 3.48. The van der Waals surface area contributed by atoms with Gasteiger partial charge in [-0.3, -0.25) is 19.7 Å². The van der Waals surface area contributed by atoms with Crippen molar-refractivity contribution in [1.82, 2.24) is 9.99 Å². The first kappa shape index (κ1) is 18.3. The van der Waals surface area contributed by atoms with Gasteiger partial charge in [-0.05, 0) is 36.6 Å². The van der Waals surface area contributed by atoms with Crippen LogP contribution in [-0.4, -0.2) is 21.6 Å². The van der Waals surface area contributed by atoms with Crippen LogP contribution in [0.4, 0.5) is 5.88 Å². The summed E-state index contributed by atoms with van der Waals surface area (Å²) in [6.07, 6.45) is 7.27. The standard InChI is InChI=1S/C21H18N4O5/c26-17-9-10-24-16-4-2-1-3-13(16)19-15(7-6-14(17)20(19)24)21(27)23-22-11-12-5-8-18(30-12)25(28)29/h5-11,13,16H,1-4H2,(H,23,27)/b22-11+. The Balaban J connectivity index is 1.48. The van der Waals surface area contributed by atoms with Gasteiger partial charge in [-0.15, -0.1) is 0 Å². The Morgan fingerprint density at radius 2 is 2.07 bits per heavy atom. The van der Waals surface area contributed by atoms with E-state index in [0.29, 0.717) is 10.9 Å². The molecule has 0 spiro atoms. The summed E-state index contributed by atoms with van der Waals surface area (Å²) in [4.78, 5) is 35.3. The summed E-state index contributed by atoms with van der Waals surface area (Å²) < 4.78 is 7.14. The zero-order valence-corrected chi connectivity index (χ0v) is 15.9. The van der Waals surface area contributed by atoms with Gasteiger partial charge in [0.1, 0.15) is 4.92 Å². The molecule has 2 aromatic heterocycles. The molecule has 9 heteroatoms. The highest BCUT2D eigenvalue weighted by atomic mass is 16.6. The third-order valence-corrected chi connectivity index (χ3v) is 5.98. The quantitative estimate of drug-likeness (QED) is 0.404. The number of nitro groups is 1. The molecule has 9 nitrogen and oxygen atoms in total. The number of carbonyl (C=O) groups excluding carboxylic acids is 1. The summed E-state index contributed by atoms with van der Waals surface area (Å²) in [5, 5.41) is 15.2. The molecule has 2 unspecified atom stereocenters. The highest BCUT2D eigenvalue weighted by Crippen LogP contribution is 2.49. The highest BCUT2D eigenvalue weighted by Gasteiger charge is 2.38. The van der Waals surface area contributed by atoms with Crippen molar-refractivity contribution in [3.63, 3.8) is 0 Å². The van der Waals surface area contributed by atoms with E-state index in [2.05, 4.69) is 15.1 Å². The van der Waals surface area contributed by atoms with Gasteiger partial charge >= 0.3 is 5.88 Å². The van der Waals surface area contributed by atoms with Gasteiger partial charge in [0.15, 0.2) is 11.2 Å². The molecular weight excluding hydrogens is 388 g/mol. The Hall–Kier alpha value is -3.75. The maximum absolute atomic E-state index is 12.9. The average Bonchev–Trinajstić information content (AvgIpc) is 3.35. The molecule has 0 saturated heterocycles. The molecule has 1 aromatic carbocycles. The third kappa shape index (κ3) is 2.81. The van der Waals surface area contributed by atoms with Crippen LogP contribution < -0.4 is 10.9 Å². The Bertz CT molecular complexity index is 1270. The van der Waals surface area contributed by atoms with Crippen LogP contribution in [0.1, 0.15) is 59.3 Å². The number of pyridine rings is 1. The number of nitrogens with one attached hydrogen (secondary N) is 1. The van der Waals surface area contributed by atoms with Gasteiger partial charge in [0.25, 0.3) is 5.91 Å². The molecule has 1 aliphatic carbocycles. The number of hydrazone groups is 1. The van der Waals surface area contributed by atoms with Crippen LogP contribution in [0.3, 0.4) is 0 Å². The van der Waals surface area contributed by atoms with Crippen LogP contribution in [0.5, 0.6) is 0 Å². The number of carbonyl (C=O) groups is 1. The smallest absolute Gasteiger partial charge is 0.400 e. The molecule has 3 aromatic rings. The minimum atomic E-state index is -0.646. The highest BCUT2D eigenvalue weighted by molar-refractivity contribution is 6.02. The summed E-state index contributed by atoms with van der Waals surface area (Å²) in [5.41, 5.74) is 4.68. The van der Waals surface area contributed by atoms with E-state index in [-0.39, 0.29) is 23.1 Å². The topological polar surface area (TPSA) is 120 Å². The fourth-order valence-corrected chi connectivity index (χ4v) is 4.75. The number of furan rings is 1. The van der Waals surface area contributed by atoms with Gasteiger partial charge in [-0.2, -0.15) is 5.10 Å². The van der Waals surface area contributed by atoms with E-state index in [1.165, 1.54) is 18.3 Å². The SMILES string of the molecule is O=C(N/N=C/c1ccc([N+](=O)[O-])o1)c1ccc2c(=O)ccn3c2c1C1CCCCC13. The van der Waals surface area contributed by atoms with Crippen molar-refractivity contribution in [1.29, 1.82) is 0 Å². The summed E-state index contributed by atoms with van der Waals surface area (Å²) in [6, 6.07) is 7.85. The number of hydrogen-bond acceptors (Lipinski definition) is 6. The monoisotopic (exact) mass is 406 g/mol. The van der Waals surface area contributed by atoms with E-state index in [9.17, 15) is 19.7 Å². The fourth-order valence-electron chi connectivity index (χ4n) is 4.75. The Kier molecular flexibility index (Phi) is 4.23. The van der Waals surface area contributed by atoms with Crippen LogP contribution >= 0.6 is 0 Å². The number of aromatic nitrogens is 1. The molecule has 0 bridgehead atoms. The summed E-state index contributed by atoms with van der Waals surface area (Å²) in [5.74, 6) is -0.432. The van der Waals surface area contributed by atoms with Gasteiger partial charge in [0.2, 0.25) is 0 Å². The summed E-state index contributed by atoms with van der Waals surface area (Å²) >= 11 is 0. The first-order valence-corrected chi connectivity index (χ1v) is 9.80. The molecule has 1 aliphatic heterocycles. The predicted molar refractivity (Wildman–Crippen MR) is 109 cm³/mol. The van der Waals surface area contributed by atoms with Crippen molar-refractivity contribution < 1.29 is 14.1 Å². The van der Waals surface area contributed by atoms with Crippen LogP contribution in [-0.2, 0) is 0 Å². The Morgan fingerprint density at radius 3 is 2.87 bits per heavy atom. The second kappa shape index (κ2) is 6.94. The zero-order chi connectivity index (χ0) is 20.8. The number of nitrogens with zero attached hydrogens (tertiary/aromatic N) is 3.